The Bertz CT molecular complexity index is 2880. The standard InChI is InChI=1S/C48H31NO/c1-2-15-32(16-3-1)36-20-10-12-27-44(36)49(46-31-34-18-5-6-19-35(34)38-22-8-9-23-39(38)46)45-28-13-11-24-40(45)41-25-14-26-42-43-30-29-33-17-4-7-21-37(33)47(43)50-48(41)42/h1-31H. The molecule has 10 aromatic rings. The van der Waals surface area contributed by atoms with Gasteiger partial charge in [0.1, 0.15) is 11.2 Å². The Morgan fingerprint density at radius 2 is 0.860 bits per heavy atom. The van der Waals surface area contributed by atoms with Crippen LogP contribution < -0.4 is 4.90 Å². The smallest absolute Gasteiger partial charge is 0.143 e. The highest BCUT2D eigenvalue weighted by Crippen LogP contribution is 2.49. The molecule has 1 aromatic heterocycles. The van der Waals surface area contributed by atoms with E-state index >= 15 is 0 Å². The van der Waals surface area contributed by atoms with Crippen LogP contribution in [0.25, 0.3) is 76.5 Å². The molecule has 0 saturated heterocycles. The van der Waals surface area contributed by atoms with Crippen LogP contribution in [0.4, 0.5) is 17.1 Å². The van der Waals surface area contributed by atoms with Gasteiger partial charge in [0, 0.05) is 38.2 Å². The Balaban J connectivity index is 1.30. The molecule has 0 fully saturated rings. The fourth-order valence-electron chi connectivity index (χ4n) is 7.77. The molecule has 0 spiro atoms. The molecule has 0 aliphatic heterocycles. The molecule has 234 valence electrons. The van der Waals surface area contributed by atoms with Gasteiger partial charge >= 0.3 is 0 Å². The van der Waals surface area contributed by atoms with Crippen LogP contribution in [-0.4, -0.2) is 0 Å². The predicted octanol–water partition coefficient (Wildman–Crippen LogP) is 13.8. The van der Waals surface area contributed by atoms with Crippen molar-refractivity contribution in [1.29, 1.82) is 0 Å². The zero-order valence-corrected chi connectivity index (χ0v) is 27.3. The van der Waals surface area contributed by atoms with Gasteiger partial charge in [0.15, 0.2) is 0 Å². The van der Waals surface area contributed by atoms with Crippen molar-refractivity contribution in [3.63, 3.8) is 0 Å². The summed E-state index contributed by atoms with van der Waals surface area (Å²) >= 11 is 0. The maximum atomic E-state index is 6.90. The third-order valence-corrected chi connectivity index (χ3v) is 10.0. The van der Waals surface area contributed by atoms with E-state index in [4.69, 9.17) is 4.42 Å². The maximum Gasteiger partial charge on any atom is 0.143 e. The third-order valence-electron chi connectivity index (χ3n) is 10.0. The minimum Gasteiger partial charge on any atom is -0.455 e. The van der Waals surface area contributed by atoms with E-state index in [1.807, 2.05) is 0 Å². The molecule has 0 radical (unpaired) electrons. The van der Waals surface area contributed by atoms with Gasteiger partial charge in [0.2, 0.25) is 0 Å². The van der Waals surface area contributed by atoms with Gasteiger partial charge < -0.3 is 9.32 Å². The molecular weight excluding hydrogens is 607 g/mol. The molecule has 9 aromatic carbocycles. The van der Waals surface area contributed by atoms with Crippen molar-refractivity contribution >= 4 is 71.3 Å². The second-order valence-electron chi connectivity index (χ2n) is 12.8. The average molecular weight is 638 g/mol. The largest absolute Gasteiger partial charge is 0.455 e. The molecule has 50 heavy (non-hydrogen) atoms. The van der Waals surface area contributed by atoms with E-state index in [-0.39, 0.29) is 0 Å². The van der Waals surface area contributed by atoms with Crippen LogP contribution in [0.15, 0.2) is 192 Å². The van der Waals surface area contributed by atoms with E-state index in [1.165, 1.54) is 32.5 Å². The Morgan fingerprint density at radius 3 is 1.68 bits per heavy atom. The second kappa shape index (κ2) is 11.5. The lowest BCUT2D eigenvalue weighted by atomic mass is 9.95. The van der Waals surface area contributed by atoms with Crippen LogP contribution in [0.5, 0.6) is 0 Å². The van der Waals surface area contributed by atoms with Crippen molar-refractivity contribution < 1.29 is 4.42 Å². The van der Waals surface area contributed by atoms with E-state index < -0.39 is 0 Å². The summed E-state index contributed by atoms with van der Waals surface area (Å²) in [5.74, 6) is 0. The summed E-state index contributed by atoms with van der Waals surface area (Å²) in [7, 11) is 0. The Kier molecular flexibility index (Phi) is 6.53. The van der Waals surface area contributed by atoms with Crippen LogP contribution in [0.2, 0.25) is 0 Å². The molecule has 0 aliphatic rings. The number of para-hydroxylation sites is 3. The summed E-state index contributed by atoms with van der Waals surface area (Å²) in [5.41, 5.74) is 9.62. The van der Waals surface area contributed by atoms with Crippen molar-refractivity contribution in [3.05, 3.63) is 188 Å². The van der Waals surface area contributed by atoms with E-state index in [2.05, 4.69) is 193 Å². The number of anilines is 3. The zero-order chi connectivity index (χ0) is 33.0. The molecular formula is C48H31NO. The van der Waals surface area contributed by atoms with Gasteiger partial charge in [0.25, 0.3) is 0 Å². The van der Waals surface area contributed by atoms with Gasteiger partial charge in [0.05, 0.1) is 17.1 Å². The van der Waals surface area contributed by atoms with Gasteiger partial charge in [-0.1, -0.05) is 164 Å². The quantitative estimate of drug-likeness (QED) is 0.175. The monoisotopic (exact) mass is 637 g/mol. The van der Waals surface area contributed by atoms with E-state index in [9.17, 15) is 0 Å². The first-order valence-electron chi connectivity index (χ1n) is 17.1. The molecule has 2 heteroatoms. The van der Waals surface area contributed by atoms with Crippen molar-refractivity contribution in [2.24, 2.45) is 0 Å². The molecule has 0 atom stereocenters. The Morgan fingerprint density at radius 1 is 0.300 bits per heavy atom. The number of furan rings is 1. The molecule has 0 unspecified atom stereocenters. The number of hydrogen-bond donors (Lipinski definition) is 0. The maximum absolute atomic E-state index is 6.90. The highest BCUT2D eigenvalue weighted by atomic mass is 16.3. The van der Waals surface area contributed by atoms with Crippen LogP contribution in [0.3, 0.4) is 0 Å². The van der Waals surface area contributed by atoms with E-state index in [0.717, 1.165) is 61.1 Å². The number of rotatable bonds is 5. The molecule has 0 saturated carbocycles. The highest BCUT2D eigenvalue weighted by molar-refractivity contribution is 6.19. The molecule has 2 nitrogen and oxygen atoms in total. The van der Waals surface area contributed by atoms with Crippen molar-refractivity contribution in [2.45, 2.75) is 0 Å². The SMILES string of the molecule is c1ccc(-c2ccccc2N(c2ccccc2-c2cccc3c2oc2c4ccccc4ccc32)c2cc3ccccc3c3ccccc23)cc1. The van der Waals surface area contributed by atoms with Crippen molar-refractivity contribution in [1.82, 2.24) is 0 Å². The average Bonchev–Trinajstić information content (AvgIpc) is 3.59. The fraction of sp³-hybridized carbons (Fsp3) is 0. The minimum absolute atomic E-state index is 0.894. The lowest BCUT2D eigenvalue weighted by molar-refractivity contribution is 0.674. The molecule has 1 heterocycles. The van der Waals surface area contributed by atoms with Gasteiger partial charge in [-0.05, 0) is 51.4 Å². The molecule has 10 rings (SSSR count). The molecule has 0 N–H and O–H groups in total. The lowest BCUT2D eigenvalue weighted by Crippen LogP contribution is -2.13. The van der Waals surface area contributed by atoms with Gasteiger partial charge in [-0.25, -0.2) is 0 Å². The van der Waals surface area contributed by atoms with E-state index in [0.29, 0.717) is 0 Å². The summed E-state index contributed by atoms with van der Waals surface area (Å²) in [4.78, 5) is 2.46. The summed E-state index contributed by atoms with van der Waals surface area (Å²) in [6, 6.07) is 67.4. The summed E-state index contributed by atoms with van der Waals surface area (Å²) in [6.45, 7) is 0. The number of nitrogens with zero attached hydrogens (tertiary/aromatic N) is 1. The first-order valence-corrected chi connectivity index (χ1v) is 17.1. The molecule has 0 aliphatic carbocycles. The van der Waals surface area contributed by atoms with E-state index in [1.54, 1.807) is 0 Å². The van der Waals surface area contributed by atoms with Crippen LogP contribution in [0, 0.1) is 0 Å². The topological polar surface area (TPSA) is 16.4 Å². The Hall–Kier alpha value is -6.64. The summed E-state index contributed by atoms with van der Waals surface area (Å²) < 4.78 is 6.90. The van der Waals surface area contributed by atoms with Gasteiger partial charge in [-0.3, -0.25) is 0 Å². The lowest BCUT2D eigenvalue weighted by Gasteiger charge is -2.31. The normalized spacial score (nSPS) is 11.6. The first kappa shape index (κ1) is 28.4. The van der Waals surface area contributed by atoms with Crippen molar-refractivity contribution in [2.75, 3.05) is 4.90 Å². The number of hydrogen-bond acceptors (Lipinski definition) is 2. The Labute approximate surface area is 290 Å². The highest BCUT2D eigenvalue weighted by Gasteiger charge is 2.24. The zero-order valence-electron chi connectivity index (χ0n) is 27.3. The first-order chi connectivity index (χ1) is 24.8. The van der Waals surface area contributed by atoms with Crippen LogP contribution in [0.1, 0.15) is 0 Å². The number of fused-ring (bicyclic) bond motifs is 8. The minimum atomic E-state index is 0.894. The van der Waals surface area contributed by atoms with Crippen LogP contribution in [-0.2, 0) is 0 Å². The fourth-order valence-corrected chi connectivity index (χ4v) is 7.77. The predicted molar refractivity (Wildman–Crippen MR) is 212 cm³/mol. The van der Waals surface area contributed by atoms with Crippen molar-refractivity contribution in [3.8, 4) is 22.3 Å². The molecule has 0 amide bonds. The summed E-state index contributed by atoms with van der Waals surface area (Å²) in [6.07, 6.45) is 0. The molecule has 0 bridgehead atoms. The third kappa shape index (κ3) is 4.43. The van der Waals surface area contributed by atoms with Gasteiger partial charge in [-0.15, -0.1) is 0 Å². The second-order valence-corrected chi connectivity index (χ2v) is 12.8. The van der Waals surface area contributed by atoms with Gasteiger partial charge in [-0.2, -0.15) is 0 Å². The van der Waals surface area contributed by atoms with Crippen LogP contribution >= 0.6 is 0 Å². The summed E-state index contributed by atoms with van der Waals surface area (Å²) in [5, 5.41) is 9.41. The number of benzene rings is 9.